The van der Waals surface area contributed by atoms with Crippen molar-refractivity contribution in [2.45, 2.75) is 52.9 Å². The van der Waals surface area contributed by atoms with Gasteiger partial charge in [-0.2, -0.15) is 0 Å². The predicted molar refractivity (Wildman–Crippen MR) is 87.6 cm³/mol. The Morgan fingerprint density at radius 3 is 2.11 bits per heavy atom. The van der Waals surface area contributed by atoms with E-state index in [1.165, 1.54) is 24.9 Å². The third kappa shape index (κ3) is 3.70. The minimum Gasteiger partial charge on any atom is -0.312 e. The molecular weight excluding hydrogens is 246 g/mol. The van der Waals surface area contributed by atoms with Crippen molar-refractivity contribution in [1.82, 2.24) is 5.32 Å². The van der Waals surface area contributed by atoms with E-state index < -0.39 is 8.07 Å². The molecule has 1 aromatic rings. The molecular formula is C17H29NSi. The van der Waals surface area contributed by atoms with Crippen LogP contribution in [0.3, 0.4) is 0 Å². The Labute approximate surface area is 119 Å². The first-order chi connectivity index (χ1) is 8.83. The van der Waals surface area contributed by atoms with Gasteiger partial charge in [0.2, 0.25) is 0 Å². The maximum atomic E-state index is 3.66. The standard InChI is InChI=1S/C17H29NSi/c1-14(2)17(10-11-17)13-18-12-15-6-8-16(9-7-15)19(3,4)5/h6-9,14,18H,10-13H2,1-5H3. The molecule has 1 saturated carbocycles. The number of rotatable bonds is 6. The van der Waals surface area contributed by atoms with Crippen molar-refractivity contribution in [3.05, 3.63) is 29.8 Å². The van der Waals surface area contributed by atoms with E-state index in [9.17, 15) is 0 Å². The lowest BCUT2D eigenvalue weighted by Gasteiger charge is -2.20. The van der Waals surface area contributed by atoms with Crippen LogP contribution in [0.2, 0.25) is 19.6 Å². The highest BCUT2D eigenvalue weighted by Crippen LogP contribution is 2.51. The third-order valence-electron chi connectivity index (χ3n) is 4.74. The first-order valence-corrected chi connectivity index (χ1v) is 11.1. The first-order valence-electron chi connectivity index (χ1n) is 7.64. The molecule has 2 rings (SSSR count). The zero-order chi connectivity index (χ0) is 14.1. The SMILES string of the molecule is CC(C)C1(CNCc2ccc([Si](C)(C)C)cc2)CC1. The van der Waals surface area contributed by atoms with Gasteiger partial charge in [-0.1, -0.05) is 62.9 Å². The van der Waals surface area contributed by atoms with Gasteiger partial charge in [-0.3, -0.25) is 0 Å². The average Bonchev–Trinajstić information content (AvgIpc) is 3.10. The second-order valence-corrected chi connectivity index (χ2v) is 12.6. The summed E-state index contributed by atoms with van der Waals surface area (Å²) in [6, 6.07) is 9.27. The summed E-state index contributed by atoms with van der Waals surface area (Å²) in [5, 5.41) is 5.21. The monoisotopic (exact) mass is 275 g/mol. The molecule has 1 fully saturated rings. The zero-order valence-corrected chi connectivity index (χ0v) is 14.2. The summed E-state index contributed by atoms with van der Waals surface area (Å²) in [5.41, 5.74) is 2.03. The molecule has 106 valence electrons. The van der Waals surface area contributed by atoms with Crippen LogP contribution in [0, 0.1) is 11.3 Å². The summed E-state index contributed by atoms with van der Waals surface area (Å²) in [5.74, 6) is 0.814. The molecule has 1 aliphatic rings. The van der Waals surface area contributed by atoms with Crippen molar-refractivity contribution in [2.75, 3.05) is 6.54 Å². The van der Waals surface area contributed by atoms with Crippen molar-refractivity contribution in [2.24, 2.45) is 11.3 Å². The number of hydrogen-bond donors (Lipinski definition) is 1. The molecule has 1 nitrogen and oxygen atoms in total. The van der Waals surface area contributed by atoms with Gasteiger partial charge in [-0.15, -0.1) is 0 Å². The van der Waals surface area contributed by atoms with E-state index >= 15 is 0 Å². The van der Waals surface area contributed by atoms with Gasteiger partial charge in [-0.25, -0.2) is 0 Å². The molecule has 1 aromatic carbocycles. The molecule has 2 heteroatoms. The van der Waals surface area contributed by atoms with E-state index in [4.69, 9.17) is 0 Å². The predicted octanol–water partition coefficient (Wildman–Crippen LogP) is 3.76. The smallest absolute Gasteiger partial charge is 0.0775 e. The van der Waals surface area contributed by atoms with Crippen molar-refractivity contribution in [3.8, 4) is 0 Å². The maximum Gasteiger partial charge on any atom is 0.0775 e. The number of hydrogen-bond acceptors (Lipinski definition) is 1. The van der Waals surface area contributed by atoms with Crippen LogP contribution in [-0.4, -0.2) is 14.6 Å². The van der Waals surface area contributed by atoms with Crippen LogP contribution in [-0.2, 0) is 6.54 Å². The van der Waals surface area contributed by atoms with Gasteiger partial charge in [0.15, 0.2) is 0 Å². The Balaban J connectivity index is 1.84. The van der Waals surface area contributed by atoms with Crippen molar-refractivity contribution >= 4 is 13.3 Å². The highest BCUT2D eigenvalue weighted by molar-refractivity contribution is 6.88. The van der Waals surface area contributed by atoms with E-state index in [1.807, 2.05) is 0 Å². The highest BCUT2D eigenvalue weighted by atomic mass is 28.3. The molecule has 19 heavy (non-hydrogen) atoms. The van der Waals surface area contributed by atoms with Crippen LogP contribution in [0.25, 0.3) is 0 Å². The molecule has 0 amide bonds. The Kier molecular flexibility index (Phi) is 4.22. The minimum absolute atomic E-state index is 0.609. The van der Waals surface area contributed by atoms with Gasteiger partial charge >= 0.3 is 0 Å². The largest absolute Gasteiger partial charge is 0.312 e. The second kappa shape index (κ2) is 5.41. The van der Waals surface area contributed by atoms with Gasteiger partial charge in [0, 0.05) is 13.1 Å². The summed E-state index contributed by atoms with van der Waals surface area (Å²) in [6.07, 6.45) is 2.82. The average molecular weight is 276 g/mol. The van der Waals surface area contributed by atoms with E-state index in [0.717, 1.165) is 12.5 Å². The fourth-order valence-corrected chi connectivity index (χ4v) is 3.86. The Bertz CT molecular complexity index is 410. The molecule has 0 heterocycles. The van der Waals surface area contributed by atoms with Gasteiger partial charge in [0.1, 0.15) is 0 Å². The normalized spacial score (nSPS) is 17.8. The Hall–Kier alpha value is -0.603. The molecule has 1 aliphatic carbocycles. The molecule has 1 N–H and O–H groups in total. The van der Waals surface area contributed by atoms with Crippen molar-refractivity contribution in [1.29, 1.82) is 0 Å². The van der Waals surface area contributed by atoms with E-state index in [-0.39, 0.29) is 0 Å². The fourth-order valence-electron chi connectivity index (χ4n) is 2.70. The minimum atomic E-state index is -1.14. The van der Waals surface area contributed by atoms with Gasteiger partial charge in [0.05, 0.1) is 8.07 Å². The third-order valence-corrected chi connectivity index (χ3v) is 6.81. The summed E-state index contributed by atoms with van der Waals surface area (Å²) in [7, 11) is -1.14. The quantitative estimate of drug-likeness (QED) is 0.780. The molecule has 0 aliphatic heterocycles. The summed E-state index contributed by atoms with van der Waals surface area (Å²) >= 11 is 0. The molecule has 0 unspecified atom stereocenters. The molecule has 0 aromatic heterocycles. The van der Waals surface area contributed by atoms with Crippen LogP contribution in [0.5, 0.6) is 0 Å². The Morgan fingerprint density at radius 2 is 1.68 bits per heavy atom. The van der Waals surface area contributed by atoms with Crippen molar-refractivity contribution < 1.29 is 0 Å². The second-order valence-electron chi connectivity index (χ2n) is 7.57. The molecule has 0 bridgehead atoms. The lowest BCUT2D eigenvalue weighted by molar-refractivity contribution is 0.338. The lowest BCUT2D eigenvalue weighted by atomic mass is 9.92. The topological polar surface area (TPSA) is 12.0 Å². The zero-order valence-electron chi connectivity index (χ0n) is 13.2. The van der Waals surface area contributed by atoms with E-state index in [2.05, 4.69) is 63.1 Å². The van der Waals surface area contributed by atoms with Crippen LogP contribution >= 0.6 is 0 Å². The van der Waals surface area contributed by atoms with Crippen molar-refractivity contribution in [3.63, 3.8) is 0 Å². The van der Waals surface area contributed by atoms with Gasteiger partial charge < -0.3 is 5.32 Å². The van der Waals surface area contributed by atoms with Gasteiger partial charge in [-0.05, 0) is 29.7 Å². The summed E-state index contributed by atoms with van der Waals surface area (Å²) in [4.78, 5) is 0. The molecule has 0 radical (unpaired) electrons. The molecule has 0 atom stereocenters. The highest BCUT2D eigenvalue weighted by Gasteiger charge is 2.44. The lowest BCUT2D eigenvalue weighted by Crippen LogP contribution is -2.37. The van der Waals surface area contributed by atoms with Crippen LogP contribution in [0.1, 0.15) is 32.3 Å². The van der Waals surface area contributed by atoms with Crippen LogP contribution in [0.4, 0.5) is 0 Å². The van der Waals surface area contributed by atoms with E-state index in [0.29, 0.717) is 5.41 Å². The fraction of sp³-hybridized carbons (Fsp3) is 0.647. The Morgan fingerprint density at radius 1 is 1.11 bits per heavy atom. The number of benzene rings is 1. The first kappa shape index (κ1) is 14.8. The maximum absolute atomic E-state index is 3.66. The van der Waals surface area contributed by atoms with Crippen LogP contribution < -0.4 is 10.5 Å². The van der Waals surface area contributed by atoms with Crippen LogP contribution in [0.15, 0.2) is 24.3 Å². The molecule has 0 spiro atoms. The summed E-state index contributed by atoms with van der Waals surface area (Å²) in [6.45, 7) is 14.1. The summed E-state index contributed by atoms with van der Waals surface area (Å²) < 4.78 is 0. The molecule has 0 saturated heterocycles. The number of nitrogens with one attached hydrogen (secondary N) is 1. The van der Waals surface area contributed by atoms with Gasteiger partial charge in [0.25, 0.3) is 0 Å². The van der Waals surface area contributed by atoms with E-state index in [1.54, 1.807) is 5.19 Å².